The first-order valence-electron chi connectivity index (χ1n) is 6.51. The fourth-order valence-corrected chi connectivity index (χ4v) is 1.70. The zero-order chi connectivity index (χ0) is 14.3. The van der Waals surface area contributed by atoms with Crippen LogP contribution in [0.3, 0.4) is 0 Å². The van der Waals surface area contributed by atoms with E-state index in [1.165, 1.54) is 4.90 Å². The molecule has 5 heteroatoms. The maximum Gasteiger partial charge on any atom is 0.244 e. The van der Waals surface area contributed by atoms with Gasteiger partial charge in [-0.2, -0.15) is 0 Å². The minimum Gasteiger partial charge on any atom is -0.347 e. The van der Waals surface area contributed by atoms with E-state index in [9.17, 15) is 9.59 Å². The third-order valence-electron chi connectivity index (χ3n) is 2.81. The molecule has 0 rings (SSSR count). The van der Waals surface area contributed by atoms with Gasteiger partial charge in [-0.05, 0) is 25.3 Å². The molecule has 0 aliphatic carbocycles. The van der Waals surface area contributed by atoms with Gasteiger partial charge >= 0.3 is 0 Å². The first kappa shape index (κ1) is 16.9. The maximum atomic E-state index is 12.0. The SMILES string of the molecule is CC(C)CC(NC(=O)C(C)CCN)C(=O)N(C)C. The van der Waals surface area contributed by atoms with E-state index in [1.54, 1.807) is 14.1 Å². The van der Waals surface area contributed by atoms with Gasteiger partial charge in [0.25, 0.3) is 0 Å². The zero-order valence-electron chi connectivity index (χ0n) is 12.2. The molecule has 0 radical (unpaired) electrons. The van der Waals surface area contributed by atoms with Crippen molar-refractivity contribution in [1.82, 2.24) is 10.2 Å². The monoisotopic (exact) mass is 257 g/mol. The summed E-state index contributed by atoms with van der Waals surface area (Å²) in [4.78, 5) is 25.4. The van der Waals surface area contributed by atoms with Gasteiger partial charge in [0, 0.05) is 20.0 Å². The Morgan fingerprint density at radius 3 is 2.17 bits per heavy atom. The van der Waals surface area contributed by atoms with Gasteiger partial charge < -0.3 is 16.0 Å². The van der Waals surface area contributed by atoms with Crippen LogP contribution >= 0.6 is 0 Å². The van der Waals surface area contributed by atoms with E-state index < -0.39 is 6.04 Å². The molecule has 0 aliphatic rings. The molecule has 0 aromatic rings. The van der Waals surface area contributed by atoms with Crippen LogP contribution in [-0.2, 0) is 9.59 Å². The molecule has 2 unspecified atom stereocenters. The molecule has 0 aromatic heterocycles. The lowest BCUT2D eigenvalue weighted by Crippen LogP contribution is -2.48. The summed E-state index contributed by atoms with van der Waals surface area (Å²) in [5.74, 6) is 0.0435. The molecule has 0 heterocycles. The van der Waals surface area contributed by atoms with Gasteiger partial charge in [0.2, 0.25) is 11.8 Å². The van der Waals surface area contributed by atoms with Crippen molar-refractivity contribution in [3.05, 3.63) is 0 Å². The highest BCUT2D eigenvalue weighted by Crippen LogP contribution is 2.09. The van der Waals surface area contributed by atoms with E-state index in [0.717, 1.165) is 0 Å². The molecule has 2 atom stereocenters. The summed E-state index contributed by atoms with van der Waals surface area (Å²) >= 11 is 0. The smallest absolute Gasteiger partial charge is 0.244 e. The number of rotatable bonds is 7. The molecule has 3 N–H and O–H groups in total. The Morgan fingerprint density at radius 2 is 1.78 bits per heavy atom. The van der Waals surface area contributed by atoms with Crippen molar-refractivity contribution in [1.29, 1.82) is 0 Å². The van der Waals surface area contributed by atoms with Crippen molar-refractivity contribution < 1.29 is 9.59 Å². The molecule has 0 spiro atoms. The van der Waals surface area contributed by atoms with Gasteiger partial charge in [0.15, 0.2) is 0 Å². The Hall–Kier alpha value is -1.10. The lowest BCUT2D eigenvalue weighted by atomic mass is 10.0. The molecule has 0 aliphatic heterocycles. The summed E-state index contributed by atoms with van der Waals surface area (Å²) in [6.07, 6.45) is 1.29. The van der Waals surface area contributed by atoms with Crippen LogP contribution < -0.4 is 11.1 Å². The maximum absolute atomic E-state index is 12.0. The van der Waals surface area contributed by atoms with Crippen LogP contribution in [-0.4, -0.2) is 43.4 Å². The fourth-order valence-electron chi connectivity index (χ4n) is 1.70. The highest BCUT2D eigenvalue weighted by Gasteiger charge is 2.25. The standard InChI is InChI=1S/C13H27N3O2/c1-9(2)8-11(13(18)16(4)5)15-12(17)10(3)6-7-14/h9-11H,6-8,14H2,1-5H3,(H,15,17). The number of nitrogens with zero attached hydrogens (tertiary/aromatic N) is 1. The number of carbonyl (C=O) groups excluding carboxylic acids is 2. The Morgan fingerprint density at radius 1 is 1.22 bits per heavy atom. The lowest BCUT2D eigenvalue weighted by Gasteiger charge is -2.24. The van der Waals surface area contributed by atoms with Crippen LogP contribution in [0.25, 0.3) is 0 Å². The topological polar surface area (TPSA) is 75.4 Å². The van der Waals surface area contributed by atoms with Crippen molar-refractivity contribution in [2.24, 2.45) is 17.6 Å². The summed E-state index contributed by atoms with van der Waals surface area (Å²) < 4.78 is 0. The molecule has 2 amide bonds. The third-order valence-corrected chi connectivity index (χ3v) is 2.81. The van der Waals surface area contributed by atoms with Crippen LogP contribution in [0.4, 0.5) is 0 Å². The summed E-state index contributed by atoms with van der Waals surface area (Å²) in [5.41, 5.74) is 5.43. The molecule has 106 valence electrons. The molecule has 0 saturated carbocycles. The van der Waals surface area contributed by atoms with Gasteiger partial charge in [-0.3, -0.25) is 9.59 Å². The van der Waals surface area contributed by atoms with Crippen molar-refractivity contribution in [2.45, 2.75) is 39.7 Å². The second kappa shape index (κ2) is 8.08. The number of nitrogens with two attached hydrogens (primary N) is 1. The first-order valence-corrected chi connectivity index (χ1v) is 6.51. The highest BCUT2D eigenvalue weighted by molar-refractivity contribution is 5.88. The van der Waals surface area contributed by atoms with E-state index in [0.29, 0.717) is 25.3 Å². The predicted octanol–water partition coefficient (Wildman–Crippen LogP) is 0.590. The van der Waals surface area contributed by atoms with E-state index in [4.69, 9.17) is 5.73 Å². The Kier molecular flexibility index (Phi) is 7.59. The molecule has 5 nitrogen and oxygen atoms in total. The average molecular weight is 257 g/mol. The summed E-state index contributed by atoms with van der Waals surface area (Å²) in [7, 11) is 3.40. The van der Waals surface area contributed by atoms with Gasteiger partial charge in [0.05, 0.1) is 0 Å². The molecule has 18 heavy (non-hydrogen) atoms. The van der Waals surface area contributed by atoms with Crippen molar-refractivity contribution in [3.63, 3.8) is 0 Å². The van der Waals surface area contributed by atoms with Gasteiger partial charge in [0.1, 0.15) is 6.04 Å². The van der Waals surface area contributed by atoms with Crippen LogP contribution in [0, 0.1) is 11.8 Å². The van der Waals surface area contributed by atoms with Gasteiger partial charge in [-0.15, -0.1) is 0 Å². The summed E-state index contributed by atoms with van der Waals surface area (Å²) in [6, 6.07) is -0.437. The highest BCUT2D eigenvalue weighted by atomic mass is 16.2. The fraction of sp³-hybridized carbons (Fsp3) is 0.846. The Labute approximate surface area is 110 Å². The third kappa shape index (κ3) is 6.00. The molecular weight excluding hydrogens is 230 g/mol. The molecular formula is C13H27N3O2. The zero-order valence-corrected chi connectivity index (χ0v) is 12.2. The van der Waals surface area contributed by atoms with Crippen LogP contribution in [0.15, 0.2) is 0 Å². The Balaban J connectivity index is 4.58. The van der Waals surface area contributed by atoms with Gasteiger partial charge in [-0.1, -0.05) is 20.8 Å². The van der Waals surface area contributed by atoms with Crippen molar-refractivity contribution in [2.75, 3.05) is 20.6 Å². The van der Waals surface area contributed by atoms with Crippen LogP contribution in [0.2, 0.25) is 0 Å². The van der Waals surface area contributed by atoms with E-state index in [1.807, 2.05) is 20.8 Å². The van der Waals surface area contributed by atoms with E-state index >= 15 is 0 Å². The van der Waals surface area contributed by atoms with Crippen LogP contribution in [0.5, 0.6) is 0 Å². The minimum atomic E-state index is -0.437. The van der Waals surface area contributed by atoms with E-state index in [-0.39, 0.29) is 17.7 Å². The first-order chi connectivity index (χ1) is 8.29. The number of carbonyl (C=O) groups is 2. The second-order valence-corrected chi connectivity index (χ2v) is 5.40. The van der Waals surface area contributed by atoms with Gasteiger partial charge in [-0.25, -0.2) is 0 Å². The van der Waals surface area contributed by atoms with E-state index in [2.05, 4.69) is 5.32 Å². The second-order valence-electron chi connectivity index (χ2n) is 5.40. The van der Waals surface area contributed by atoms with Crippen LogP contribution in [0.1, 0.15) is 33.6 Å². The normalized spacial score (nSPS) is 14.2. The number of nitrogens with one attached hydrogen (secondary N) is 1. The van der Waals surface area contributed by atoms with Crippen molar-refractivity contribution >= 4 is 11.8 Å². The average Bonchev–Trinajstić information content (AvgIpc) is 2.26. The molecule has 0 bridgehead atoms. The number of hydrogen-bond donors (Lipinski definition) is 2. The molecule has 0 saturated heterocycles. The predicted molar refractivity (Wildman–Crippen MR) is 72.9 cm³/mol. The lowest BCUT2D eigenvalue weighted by molar-refractivity contribution is -0.135. The quantitative estimate of drug-likeness (QED) is 0.701. The summed E-state index contributed by atoms with van der Waals surface area (Å²) in [5, 5.41) is 2.83. The van der Waals surface area contributed by atoms with Crippen molar-refractivity contribution in [3.8, 4) is 0 Å². The Bertz CT molecular complexity index is 277. The molecule has 0 fully saturated rings. The minimum absolute atomic E-state index is 0.0583. The number of likely N-dealkylation sites (N-methyl/N-ethyl adjacent to an activating group) is 1. The number of amides is 2. The largest absolute Gasteiger partial charge is 0.347 e. The summed E-state index contributed by atoms with van der Waals surface area (Å²) in [6.45, 7) is 6.37. The molecule has 0 aromatic carbocycles. The number of hydrogen-bond acceptors (Lipinski definition) is 3.